The highest BCUT2D eigenvalue weighted by atomic mass is 31.1. The Balaban J connectivity index is 1.81. The van der Waals surface area contributed by atoms with Crippen LogP contribution in [0.4, 0.5) is 0 Å². The minimum atomic E-state index is -2.26. The van der Waals surface area contributed by atoms with Crippen molar-refractivity contribution < 1.29 is 24.0 Å². The average molecular weight is 455 g/mol. The lowest BCUT2D eigenvalue weighted by molar-refractivity contribution is -0.0622. The molecule has 1 saturated heterocycles. The largest absolute Gasteiger partial charge is 0.388 e. The van der Waals surface area contributed by atoms with E-state index in [1.807, 2.05) is 27.7 Å². The molecule has 1 aliphatic heterocycles. The van der Waals surface area contributed by atoms with Crippen LogP contribution in [-0.2, 0) is 20.9 Å². The van der Waals surface area contributed by atoms with Gasteiger partial charge in [0.05, 0.1) is 24.4 Å². The number of fused-ring (bicyclic) bond motifs is 1. The molecule has 1 fully saturated rings. The van der Waals surface area contributed by atoms with Crippen molar-refractivity contribution in [1.82, 2.24) is 19.1 Å². The SMILES string of the molecule is CCC(CC)[PH](=O)O[C@](C)(CC)C[C@H]1OC(n2cnc3c(=N)n(C)cnc32)[C@H](O)[C@@H]1O. The zero-order chi connectivity index (χ0) is 22.9. The van der Waals surface area contributed by atoms with Crippen molar-refractivity contribution in [1.29, 1.82) is 5.41 Å². The number of aliphatic hydroxyl groups excluding tert-OH is 2. The Labute approximate surface area is 182 Å². The molecule has 2 unspecified atom stereocenters. The smallest absolute Gasteiger partial charge is 0.195 e. The predicted molar refractivity (Wildman–Crippen MR) is 116 cm³/mol. The number of rotatable bonds is 9. The number of nitrogens with one attached hydrogen (secondary N) is 1. The Bertz CT molecular complexity index is 990. The quantitative estimate of drug-likeness (QED) is 0.493. The Kier molecular flexibility index (Phi) is 7.38. The van der Waals surface area contributed by atoms with Crippen LogP contribution in [0, 0.1) is 5.41 Å². The third kappa shape index (κ3) is 4.64. The van der Waals surface area contributed by atoms with E-state index in [4.69, 9.17) is 14.7 Å². The molecule has 3 heterocycles. The number of hydrogen-bond donors (Lipinski definition) is 3. The van der Waals surface area contributed by atoms with Gasteiger partial charge in [-0.3, -0.25) is 14.5 Å². The number of imidazole rings is 1. The second kappa shape index (κ2) is 9.50. The molecule has 10 nitrogen and oxygen atoms in total. The van der Waals surface area contributed by atoms with E-state index in [-0.39, 0.29) is 17.6 Å². The van der Waals surface area contributed by atoms with Gasteiger partial charge < -0.3 is 24.0 Å². The summed E-state index contributed by atoms with van der Waals surface area (Å²) >= 11 is 0. The van der Waals surface area contributed by atoms with Crippen molar-refractivity contribution in [3.05, 3.63) is 18.1 Å². The zero-order valence-corrected chi connectivity index (χ0v) is 19.8. The molecule has 31 heavy (non-hydrogen) atoms. The van der Waals surface area contributed by atoms with Crippen LogP contribution in [0.5, 0.6) is 0 Å². The number of aliphatic hydroxyl groups is 2. The molecule has 2 aromatic heterocycles. The Morgan fingerprint density at radius 2 is 1.94 bits per heavy atom. The maximum Gasteiger partial charge on any atom is 0.195 e. The van der Waals surface area contributed by atoms with Crippen LogP contribution in [0.15, 0.2) is 12.7 Å². The summed E-state index contributed by atoms with van der Waals surface area (Å²) in [6.07, 6.45) is 1.43. The van der Waals surface area contributed by atoms with E-state index in [1.54, 1.807) is 11.6 Å². The maximum absolute atomic E-state index is 12.7. The first-order valence-electron chi connectivity index (χ1n) is 10.8. The van der Waals surface area contributed by atoms with E-state index in [1.165, 1.54) is 17.2 Å². The van der Waals surface area contributed by atoms with Gasteiger partial charge in [-0.15, -0.1) is 0 Å². The third-order valence-corrected chi connectivity index (χ3v) is 8.53. The van der Waals surface area contributed by atoms with Crippen LogP contribution in [0.25, 0.3) is 11.2 Å². The predicted octanol–water partition coefficient (Wildman–Crippen LogP) is 2.11. The molecule has 0 aliphatic carbocycles. The topological polar surface area (TPSA) is 135 Å². The van der Waals surface area contributed by atoms with Crippen LogP contribution in [0.3, 0.4) is 0 Å². The lowest BCUT2D eigenvalue weighted by atomic mass is 9.93. The second-order valence-corrected chi connectivity index (χ2v) is 10.2. The van der Waals surface area contributed by atoms with Gasteiger partial charge in [-0.25, -0.2) is 9.97 Å². The van der Waals surface area contributed by atoms with Gasteiger partial charge in [0.25, 0.3) is 0 Å². The summed E-state index contributed by atoms with van der Waals surface area (Å²) in [6.45, 7) is 7.81. The summed E-state index contributed by atoms with van der Waals surface area (Å²) in [5, 5.41) is 29.5. The first kappa shape index (κ1) is 24.1. The Hall–Kier alpha value is -1.58. The Morgan fingerprint density at radius 3 is 2.55 bits per heavy atom. The zero-order valence-electron chi connectivity index (χ0n) is 18.8. The molecule has 0 saturated carbocycles. The van der Waals surface area contributed by atoms with E-state index in [2.05, 4.69) is 9.97 Å². The molecule has 0 spiro atoms. The van der Waals surface area contributed by atoms with Gasteiger partial charge in [-0.1, -0.05) is 20.8 Å². The van der Waals surface area contributed by atoms with Gasteiger partial charge in [0, 0.05) is 19.1 Å². The van der Waals surface area contributed by atoms with Crippen molar-refractivity contribution in [2.45, 2.75) is 89.2 Å². The fourth-order valence-electron chi connectivity index (χ4n) is 3.96. The van der Waals surface area contributed by atoms with Crippen LogP contribution in [0.1, 0.15) is 59.6 Å². The first-order valence-corrected chi connectivity index (χ1v) is 12.2. The summed E-state index contributed by atoms with van der Waals surface area (Å²) in [6, 6.07) is 0. The van der Waals surface area contributed by atoms with Crippen molar-refractivity contribution in [2.24, 2.45) is 7.05 Å². The monoisotopic (exact) mass is 455 g/mol. The molecule has 0 aromatic carbocycles. The number of nitrogens with zero attached hydrogens (tertiary/aromatic N) is 4. The molecule has 0 radical (unpaired) electrons. The molecule has 3 N–H and O–H groups in total. The minimum absolute atomic E-state index is 0.0208. The van der Waals surface area contributed by atoms with Crippen LogP contribution in [-0.4, -0.2) is 58.9 Å². The highest BCUT2D eigenvalue weighted by Gasteiger charge is 2.47. The maximum atomic E-state index is 12.7. The molecular formula is C20H34N5O5P. The number of aromatic nitrogens is 4. The van der Waals surface area contributed by atoms with Gasteiger partial charge in [-0.05, 0) is 26.2 Å². The number of aryl methyl sites for hydroxylation is 1. The van der Waals surface area contributed by atoms with Gasteiger partial charge in [-0.2, -0.15) is 0 Å². The van der Waals surface area contributed by atoms with E-state index in [0.29, 0.717) is 17.6 Å². The third-order valence-electron chi connectivity index (χ3n) is 6.36. The molecule has 0 amide bonds. The van der Waals surface area contributed by atoms with Crippen molar-refractivity contribution in [3.8, 4) is 0 Å². The summed E-state index contributed by atoms with van der Waals surface area (Å²) in [5.74, 6) is 0. The summed E-state index contributed by atoms with van der Waals surface area (Å²) < 4.78 is 27.9. The molecule has 1 aliphatic rings. The normalized spacial score (nSPS) is 27.1. The van der Waals surface area contributed by atoms with Gasteiger partial charge in [0.15, 0.2) is 25.4 Å². The standard InChI is InChI=1S/C20H34N5O5P/c1-6-12(7-2)31(28)30-20(4,8-3)9-13-15(26)16(27)19(29-13)25-11-22-14-17(21)24(5)10-23-18(14)25/h10-13,15-16,19,21,26-27,31H,6-9H2,1-5H3/t13-,15-,16-,19?,20-/m1/s1. The number of hydrogen-bond acceptors (Lipinski definition) is 8. The highest BCUT2D eigenvalue weighted by Crippen LogP contribution is 2.43. The van der Waals surface area contributed by atoms with E-state index >= 15 is 0 Å². The summed E-state index contributed by atoms with van der Waals surface area (Å²) in [5.41, 5.74) is 0.229. The van der Waals surface area contributed by atoms with E-state index < -0.39 is 38.2 Å². The molecule has 6 atom stereocenters. The fourth-order valence-corrected chi connectivity index (χ4v) is 5.51. The lowest BCUT2D eigenvalue weighted by Crippen LogP contribution is -2.38. The van der Waals surface area contributed by atoms with Crippen molar-refractivity contribution in [2.75, 3.05) is 0 Å². The Morgan fingerprint density at radius 1 is 1.26 bits per heavy atom. The lowest BCUT2D eigenvalue weighted by Gasteiger charge is -2.33. The summed E-state index contributed by atoms with van der Waals surface area (Å²) in [4.78, 5) is 8.54. The van der Waals surface area contributed by atoms with Crippen LogP contribution < -0.4 is 5.49 Å². The van der Waals surface area contributed by atoms with E-state index in [9.17, 15) is 14.8 Å². The average Bonchev–Trinajstić information content (AvgIpc) is 3.28. The molecule has 0 bridgehead atoms. The van der Waals surface area contributed by atoms with Gasteiger partial charge >= 0.3 is 0 Å². The molecular weight excluding hydrogens is 421 g/mol. The van der Waals surface area contributed by atoms with Crippen molar-refractivity contribution >= 4 is 19.2 Å². The van der Waals surface area contributed by atoms with Gasteiger partial charge in [0.2, 0.25) is 0 Å². The number of ether oxygens (including phenoxy) is 1. The van der Waals surface area contributed by atoms with Crippen molar-refractivity contribution in [3.63, 3.8) is 0 Å². The van der Waals surface area contributed by atoms with Gasteiger partial charge in [0.1, 0.15) is 17.7 Å². The fraction of sp³-hybridized carbons (Fsp3) is 0.750. The highest BCUT2D eigenvalue weighted by molar-refractivity contribution is 7.40. The van der Waals surface area contributed by atoms with Crippen LogP contribution >= 0.6 is 8.03 Å². The molecule has 3 rings (SSSR count). The minimum Gasteiger partial charge on any atom is -0.388 e. The van der Waals surface area contributed by atoms with Crippen LogP contribution in [0.2, 0.25) is 0 Å². The first-order chi connectivity index (χ1) is 14.7. The second-order valence-electron chi connectivity index (χ2n) is 8.52. The van der Waals surface area contributed by atoms with E-state index in [0.717, 1.165) is 12.8 Å². The molecule has 2 aromatic rings. The summed E-state index contributed by atoms with van der Waals surface area (Å²) in [7, 11) is -0.560. The molecule has 11 heteroatoms. The molecule has 174 valence electrons.